The second kappa shape index (κ2) is 7.44. The lowest BCUT2D eigenvalue weighted by Crippen LogP contribution is -2.31. The van der Waals surface area contributed by atoms with E-state index in [1.165, 1.54) is 0 Å². The highest BCUT2D eigenvalue weighted by atomic mass is 19.1. The van der Waals surface area contributed by atoms with E-state index in [1.807, 2.05) is 19.0 Å². The zero-order valence-electron chi connectivity index (χ0n) is 11.4. The zero-order valence-corrected chi connectivity index (χ0v) is 11.4. The molecule has 0 aliphatic rings. The fraction of sp³-hybridized carbons (Fsp3) is 0.385. The monoisotopic (exact) mass is 283 g/mol. The van der Waals surface area contributed by atoms with E-state index >= 15 is 0 Å². The van der Waals surface area contributed by atoms with Crippen LogP contribution in [0.3, 0.4) is 0 Å². The summed E-state index contributed by atoms with van der Waals surface area (Å²) in [4.78, 5) is 24.3. The standard InChI is InChI=1S/C13H18FN3O3/c1-17(2)7-3-6-15-13(20)16-11-8-9(12(18)19)4-5-10(11)14/h4-5,8H,3,6-7H2,1-2H3,(H,18,19)(H2,15,16,20). The normalized spacial score (nSPS) is 10.4. The first-order valence-corrected chi connectivity index (χ1v) is 6.12. The third-order valence-corrected chi connectivity index (χ3v) is 2.53. The fourth-order valence-corrected chi connectivity index (χ4v) is 1.52. The Morgan fingerprint density at radius 2 is 2.05 bits per heavy atom. The van der Waals surface area contributed by atoms with Crippen molar-refractivity contribution in [1.29, 1.82) is 0 Å². The van der Waals surface area contributed by atoms with Gasteiger partial charge in [-0.1, -0.05) is 0 Å². The van der Waals surface area contributed by atoms with Gasteiger partial charge in [-0.05, 0) is 45.3 Å². The van der Waals surface area contributed by atoms with Crippen molar-refractivity contribution in [2.45, 2.75) is 6.42 Å². The summed E-state index contributed by atoms with van der Waals surface area (Å²) in [5.74, 6) is -1.86. The first kappa shape index (κ1) is 15.9. The summed E-state index contributed by atoms with van der Waals surface area (Å²) in [6.45, 7) is 1.27. The van der Waals surface area contributed by atoms with Crippen molar-refractivity contribution in [3.05, 3.63) is 29.6 Å². The number of nitrogens with zero attached hydrogens (tertiary/aromatic N) is 1. The van der Waals surface area contributed by atoms with Gasteiger partial charge in [0.25, 0.3) is 0 Å². The van der Waals surface area contributed by atoms with Crippen molar-refractivity contribution >= 4 is 17.7 Å². The van der Waals surface area contributed by atoms with Gasteiger partial charge in [-0.2, -0.15) is 0 Å². The molecule has 0 aromatic heterocycles. The van der Waals surface area contributed by atoms with Crippen LogP contribution in [0.5, 0.6) is 0 Å². The molecule has 0 bridgehead atoms. The molecule has 0 unspecified atom stereocenters. The molecule has 0 saturated heterocycles. The Labute approximate surface area is 116 Å². The topological polar surface area (TPSA) is 81.7 Å². The number of anilines is 1. The number of carbonyl (C=O) groups is 2. The lowest BCUT2D eigenvalue weighted by molar-refractivity contribution is 0.0697. The van der Waals surface area contributed by atoms with Crippen molar-refractivity contribution in [3.8, 4) is 0 Å². The van der Waals surface area contributed by atoms with Gasteiger partial charge in [0.15, 0.2) is 0 Å². The number of hydrogen-bond acceptors (Lipinski definition) is 3. The number of rotatable bonds is 6. The van der Waals surface area contributed by atoms with Crippen LogP contribution in [0.2, 0.25) is 0 Å². The van der Waals surface area contributed by atoms with Gasteiger partial charge in [0.05, 0.1) is 11.3 Å². The summed E-state index contributed by atoms with van der Waals surface area (Å²) in [5, 5.41) is 13.7. The van der Waals surface area contributed by atoms with E-state index in [4.69, 9.17) is 5.11 Å². The number of halogens is 1. The largest absolute Gasteiger partial charge is 0.478 e. The molecule has 0 atom stereocenters. The van der Waals surface area contributed by atoms with Crippen LogP contribution in [0.25, 0.3) is 0 Å². The Morgan fingerprint density at radius 1 is 1.35 bits per heavy atom. The number of carboxylic acid groups (broad SMARTS) is 1. The van der Waals surface area contributed by atoms with Crippen LogP contribution in [0.4, 0.5) is 14.9 Å². The number of aromatic carboxylic acids is 1. The number of hydrogen-bond donors (Lipinski definition) is 3. The Kier molecular flexibility index (Phi) is 5.92. The molecule has 110 valence electrons. The van der Waals surface area contributed by atoms with Crippen LogP contribution >= 0.6 is 0 Å². The van der Waals surface area contributed by atoms with Gasteiger partial charge in [-0.3, -0.25) is 0 Å². The van der Waals surface area contributed by atoms with Crippen LogP contribution in [0, 0.1) is 5.82 Å². The second-order valence-corrected chi connectivity index (χ2v) is 4.54. The number of carboxylic acids is 1. The fourth-order valence-electron chi connectivity index (χ4n) is 1.52. The first-order valence-electron chi connectivity index (χ1n) is 6.12. The summed E-state index contributed by atoms with van der Waals surface area (Å²) < 4.78 is 13.4. The number of urea groups is 1. The minimum atomic E-state index is -1.18. The molecule has 0 spiro atoms. The van der Waals surface area contributed by atoms with E-state index in [0.717, 1.165) is 31.2 Å². The minimum absolute atomic E-state index is 0.0886. The molecule has 0 radical (unpaired) electrons. The predicted octanol–water partition coefficient (Wildman–Crippen LogP) is 1.60. The summed E-state index contributed by atoms with van der Waals surface area (Å²) in [5.41, 5.74) is -0.246. The van der Waals surface area contributed by atoms with Crippen molar-refractivity contribution in [2.24, 2.45) is 0 Å². The predicted molar refractivity (Wildman–Crippen MR) is 73.6 cm³/mol. The van der Waals surface area contributed by atoms with Crippen molar-refractivity contribution < 1.29 is 19.1 Å². The van der Waals surface area contributed by atoms with E-state index in [9.17, 15) is 14.0 Å². The van der Waals surface area contributed by atoms with Gasteiger partial charge < -0.3 is 20.6 Å². The molecule has 1 aromatic carbocycles. The maximum absolute atomic E-state index is 13.4. The molecule has 20 heavy (non-hydrogen) atoms. The third-order valence-electron chi connectivity index (χ3n) is 2.53. The highest BCUT2D eigenvalue weighted by Crippen LogP contribution is 2.16. The van der Waals surface area contributed by atoms with Crippen LogP contribution in [-0.2, 0) is 0 Å². The Morgan fingerprint density at radius 3 is 2.65 bits per heavy atom. The molecule has 6 nitrogen and oxygen atoms in total. The molecule has 1 aromatic rings. The van der Waals surface area contributed by atoms with E-state index in [-0.39, 0.29) is 11.3 Å². The molecule has 0 aliphatic heterocycles. The number of benzene rings is 1. The highest BCUT2D eigenvalue weighted by molar-refractivity contribution is 5.93. The van der Waals surface area contributed by atoms with Crippen molar-refractivity contribution in [1.82, 2.24) is 10.2 Å². The third kappa shape index (κ3) is 5.23. The molecule has 0 heterocycles. The van der Waals surface area contributed by atoms with Gasteiger partial charge in [0.2, 0.25) is 0 Å². The Bertz CT molecular complexity index is 492. The van der Waals surface area contributed by atoms with Crippen LogP contribution in [-0.4, -0.2) is 49.2 Å². The van der Waals surface area contributed by atoms with E-state index in [1.54, 1.807) is 0 Å². The van der Waals surface area contributed by atoms with Gasteiger partial charge in [-0.25, -0.2) is 14.0 Å². The molecule has 2 amide bonds. The van der Waals surface area contributed by atoms with Gasteiger partial charge in [-0.15, -0.1) is 0 Å². The summed E-state index contributed by atoms with van der Waals surface area (Å²) in [6.07, 6.45) is 0.762. The number of carbonyl (C=O) groups excluding carboxylic acids is 1. The minimum Gasteiger partial charge on any atom is -0.478 e. The maximum Gasteiger partial charge on any atom is 0.335 e. The lowest BCUT2D eigenvalue weighted by atomic mass is 10.2. The molecule has 1 rings (SSSR count). The molecule has 3 N–H and O–H groups in total. The summed E-state index contributed by atoms with van der Waals surface area (Å²) in [7, 11) is 3.85. The number of amides is 2. The van der Waals surface area contributed by atoms with Gasteiger partial charge in [0.1, 0.15) is 5.82 Å². The van der Waals surface area contributed by atoms with Crippen LogP contribution in [0.1, 0.15) is 16.8 Å². The smallest absolute Gasteiger partial charge is 0.335 e. The lowest BCUT2D eigenvalue weighted by Gasteiger charge is -2.11. The van der Waals surface area contributed by atoms with E-state index < -0.39 is 17.8 Å². The average Bonchev–Trinajstić information content (AvgIpc) is 2.37. The quantitative estimate of drug-likeness (QED) is 0.693. The van der Waals surface area contributed by atoms with E-state index in [2.05, 4.69) is 10.6 Å². The highest BCUT2D eigenvalue weighted by Gasteiger charge is 2.10. The van der Waals surface area contributed by atoms with E-state index in [0.29, 0.717) is 6.54 Å². The number of nitrogens with one attached hydrogen (secondary N) is 2. The maximum atomic E-state index is 13.4. The van der Waals surface area contributed by atoms with Gasteiger partial charge in [0, 0.05) is 6.54 Å². The zero-order chi connectivity index (χ0) is 15.1. The molecule has 0 saturated carbocycles. The summed E-state index contributed by atoms with van der Waals surface area (Å²) >= 11 is 0. The Hall–Kier alpha value is -2.15. The average molecular weight is 283 g/mol. The molecular weight excluding hydrogens is 265 g/mol. The summed E-state index contributed by atoms with van der Waals surface area (Å²) in [6, 6.07) is 2.66. The second-order valence-electron chi connectivity index (χ2n) is 4.54. The van der Waals surface area contributed by atoms with Crippen LogP contribution < -0.4 is 10.6 Å². The molecule has 0 fully saturated rings. The van der Waals surface area contributed by atoms with Crippen molar-refractivity contribution in [3.63, 3.8) is 0 Å². The van der Waals surface area contributed by atoms with Crippen molar-refractivity contribution in [2.75, 3.05) is 32.5 Å². The SMILES string of the molecule is CN(C)CCCNC(=O)Nc1cc(C(=O)O)ccc1F. The van der Waals surface area contributed by atoms with Gasteiger partial charge >= 0.3 is 12.0 Å². The Balaban J connectivity index is 2.53. The molecule has 7 heteroatoms. The first-order chi connectivity index (χ1) is 9.40. The van der Waals surface area contributed by atoms with Crippen LogP contribution in [0.15, 0.2) is 18.2 Å². The molecular formula is C13H18FN3O3. The molecule has 0 aliphatic carbocycles.